The van der Waals surface area contributed by atoms with E-state index in [2.05, 4.69) is 44.5 Å². The third kappa shape index (κ3) is 3.77. The topological polar surface area (TPSA) is 79.4 Å². The molecular weight excluding hydrogens is 336 g/mol. The van der Waals surface area contributed by atoms with Gasteiger partial charge in [0.15, 0.2) is 17.0 Å². The van der Waals surface area contributed by atoms with Crippen LogP contribution in [0.4, 0.5) is 5.82 Å². The van der Waals surface area contributed by atoms with Gasteiger partial charge in [0.25, 0.3) is 0 Å². The summed E-state index contributed by atoms with van der Waals surface area (Å²) in [7, 11) is 0. The zero-order valence-electron chi connectivity index (χ0n) is 14.7. The van der Waals surface area contributed by atoms with Crippen LogP contribution >= 0.6 is 0 Å². The highest BCUT2D eigenvalue weighted by Crippen LogP contribution is 2.20. The highest BCUT2D eigenvalue weighted by Gasteiger charge is 2.13. The lowest BCUT2D eigenvalue weighted by Gasteiger charge is -2.08. The van der Waals surface area contributed by atoms with Gasteiger partial charge in [-0.1, -0.05) is 60.7 Å². The average Bonchev–Trinajstić information content (AvgIpc) is 3.12. The number of aromatic nitrogens is 4. The van der Waals surface area contributed by atoms with Crippen molar-refractivity contribution >= 4 is 17.0 Å². The maximum atomic E-state index is 9.31. The van der Waals surface area contributed by atoms with Gasteiger partial charge in [0, 0.05) is 6.54 Å². The summed E-state index contributed by atoms with van der Waals surface area (Å²) in [6, 6.07) is 22.4. The molecule has 0 atom stereocenters. The molecule has 0 bridgehead atoms. The van der Waals surface area contributed by atoms with E-state index in [1.165, 1.54) is 5.56 Å². The molecule has 2 heterocycles. The van der Waals surface area contributed by atoms with Gasteiger partial charge in [0.05, 0.1) is 12.9 Å². The first kappa shape index (κ1) is 16.7. The normalized spacial score (nSPS) is 10.6. The summed E-state index contributed by atoms with van der Waals surface area (Å²) < 4.78 is 1.94. The van der Waals surface area contributed by atoms with Gasteiger partial charge < -0.3 is 9.88 Å². The molecule has 2 aromatic carbocycles. The largest absolute Gasteiger partial charge is 0.368 e. The van der Waals surface area contributed by atoms with Crippen molar-refractivity contribution < 1.29 is 0 Å². The molecule has 6 nitrogen and oxygen atoms in total. The first-order chi connectivity index (χ1) is 13.3. The number of nitrogens with one attached hydrogen (secondary N) is 1. The summed E-state index contributed by atoms with van der Waals surface area (Å²) in [4.78, 5) is 13.2. The molecule has 2 aromatic heterocycles. The fraction of sp³-hybridized carbons (Fsp3) is 0.143. The Balaban J connectivity index is 1.60. The fourth-order valence-corrected chi connectivity index (χ4v) is 2.98. The van der Waals surface area contributed by atoms with Crippen molar-refractivity contribution in [3.63, 3.8) is 0 Å². The number of hydrogen-bond acceptors (Lipinski definition) is 5. The minimum absolute atomic E-state index is 0.138. The number of anilines is 1. The molecule has 0 spiro atoms. The monoisotopic (exact) mass is 354 g/mol. The second-order valence-electron chi connectivity index (χ2n) is 6.20. The van der Waals surface area contributed by atoms with Crippen LogP contribution in [0, 0.1) is 11.3 Å². The van der Waals surface area contributed by atoms with E-state index in [0.29, 0.717) is 30.1 Å². The molecular formula is C21H18N6. The molecule has 0 radical (unpaired) electrons. The van der Waals surface area contributed by atoms with E-state index in [9.17, 15) is 5.26 Å². The molecule has 4 rings (SSSR count). The van der Waals surface area contributed by atoms with Gasteiger partial charge in [0.2, 0.25) is 5.82 Å². The summed E-state index contributed by atoms with van der Waals surface area (Å²) in [5.74, 6) is 0.735. The number of rotatable bonds is 6. The average molecular weight is 354 g/mol. The van der Waals surface area contributed by atoms with Gasteiger partial charge >= 0.3 is 0 Å². The van der Waals surface area contributed by atoms with Gasteiger partial charge in [-0.2, -0.15) is 15.2 Å². The molecule has 4 aromatic rings. The SMILES string of the molecule is N#Cc1nc(NCCc2ccccc2)c2ncn(Cc3ccccc3)c2n1. The van der Waals surface area contributed by atoms with Crippen LogP contribution in [-0.4, -0.2) is 26.1 Å². The van der Waals surface area contributed by atoms with Gasteiger partial charge in [-0.15, -0.1) is 0 Å². The maximum Gasteiger partial charge on any atom is 0.236 e. The summed E-state index contributed by atoms with van der Waals surface area (Å²) in [5.41, 5.74) is 3.73. The zero-order valence-corrected chi connectivity index (χ0v) is 14.7. The van der Waals surface area contributed by atoms with Crippen molar-refractivity contribution in [3.8, 4) is 6.07 Å². The smallest absolute Gasteiger partial charge is 0.236 e. The Morgan fingerprint density at radius 3 is 2.33 bits per heavy atom. The lowest BCUT2D eigenvalue weighted by molar-refractivity contribution is 0.812. The molecule has 0 unspecified atom stereocenters. The van der Waals surface area contributed by atoms with Crippen molar-refractivity contribution in [2.45, 2.75) is 13.0 Å². The van der Waals surface area contributed by atoms with Crippen molar-refractivity contribution in [2.75, 3.05) is 11.9 Å². The Morgan fingerprint density at radius 1 is 0.926 bits per heavy atom. The third-order valence-corrected chi connectivity index (χ3v) is 4.31. The Bertz CT molecular complexity index is 1080. The molecule has 0 amide bonds. The van der Waals surface area contributed by atoms with E-state index in [-0.39, 0.29) is 5.82 Å². The molecule has 1 N–H and O–H groups in total. The van der Waals surface area contributed by atoms with Crippen LogP contribution in [0.25, 0.3) is 11.2 Å². The molecule has 0 saturated carbocycles. The molecule has 0 saturated heterocycles. The second-order valence-corrected chi connectivity index (χ2v) is 6.20. The van der Waals surface area contributed by atoms with Crippen LogP contribution in [0.1, 0.15) is 17.0 Å². The highest BCUT2D eigenvalue weighted by molar-refractivity contribution is 5.83. The Labute approximate surface area is 157 Å². The van der Waals surface area contributed by atoms with E-state index >= 15 is 0 Å². The van der Waals surface area contributed by atoms with Crippen LogP contribution in [0.3, 0.4) is 0 Å². The van der Waals surface area contributed by atoms with Crippen LogP contribution in [0.15, 0.2) is 67.0 Å². The first-order valence-corrected chi connectivity index (χ1v) is 8.78. The Kier molecular flexibility index (Phi) is 4.75. The van der Waals surface area contributed by atoms with Gasteiger partial charge in [0.1, 0.15) is 6.07 Å². The molecule has 0 aliphatic heterocycles. The quantitative estimate of drug-likeness (QED) is 0.574. The molecule has 6 heteroatoms. The standard InChI is InChI=1S/C21H18N6/c22-13-18-25-20(23-12-11-16-7-3-1-4-8-16)19-21(26-18)27(15-24-19)14-17-9-5-2-6-10-17/h1-10,15H,11-12,14H2,(H,23,25,26). The van der Waals surface area contributed by atoms with Crippen molar-refractivity contribution in [2.24, 2.45) is 0 Å². The predicted molar refractivity (Wildman–Crippen MR) is 104 cm³/mol. The van der Waals surface area contributed by atoms with Gasteiger partial charge in [-0.05, 0) is 17.5 Å². The maximum absolute atomic E-state index is 9.31. The molecule has 0 aliphatic carbocycles. The molecule has 0 fully saturated rings. The van der Waals surface area contributed by atoms with Crippen LogP contribution in [-0.2, 0) is 13.0 Å². The van der Waals surface area contributed by atoms with E-state index in [0.717, 1.165) is 12.0 Å². The second kappa shape index (κ2) is 7.67. The minimum Gasteiger partial charge on any atom is -0.368 e. The van der Waals surface area contributed by atoms with Crippen LogP contribution in [0.5, 0.6) is 0 Å². The number of benzene rings is 2. The lowest BCUT2D eigenvalue weighted by atomic mass is 10.1. The summed E-state index contributed by atoms with van der Waals surface area (Å²) in [6.07, 6.45) is 2.61. The summed E-state index contributed by atoms with van der Waals surface area (Å²) in [5, 5.41) is 12.6. The van der Waals surface area contributed by atoms with Crippen LogP contribution in [0.2, 0.25) is 0 Å². The zero-order chi connectivity index (χ0) is 18.5. The molecule has 132 valence electrons. The van der Waals surface area contributed by atoms with Gasteiger partial charge in [-0.3, -0.25) is 0 Å². The van der Waals surface area contributed by atoms with E-state index in [1.807, 2.05) is 47.0 Å². The van der Waals surface area contributed by atoms with Crippen molar-refractivity contribution in [1.82, 2.24) is 19.5 Å². The van der Waals surface area contributed by atoms with E-state index in [1.54, 1.807) is 6.33 Å². The summed E-state index contributed by atoms with van der Waals surface area (Å²) in [6.45, 7) is 1.34. The highest BCUT2D eigenvalue weighted by atomic mass is 15.2. The molecule has 27 heavy (non-hydrogen) atoms. The first-order valence-electron chi connectivity index (χ1n) is 8.78. The Hall–Kier alpha value is -3.72. The summed E-state index contributed by atoms with van der Waals surface area (Å²) >= 11 is 0. The molecule has 0 aliphatic rings. The van der Waals surface area contributed by atoms with Gasteiger partial charge in [-0.25, -0.2) is 4.98 Å². The number of fused-ring (bicyclic) bond motifs is 1. The van der Waals surface area contributed by atoms with Crippen molar-refractivity contribution in [1.29, 1.82) is 5.26 Å². The van der Waals surface area contributed by atoms with E-state index < -0.39 is 0 Å². The number of hydrogen-bond donors (Lipinski definition) is 1. The predicted octanol–water partition coefficient (Wildman–Crippen LogP) is 3.40. The van der Waals surface area contributed by atoms with Crippen molar-refractivity contribution in [3.05, 3.63) is 83.9 Å². The van der Waals surface area contributed by atoms with E-state index in [4.69, 9.17) is 0 Å². The lowest BCUT2D eigenvalue weighted by Crippen LogP contribution is -2.09. The Morgan fingerprint density at radius 2 is 1.63 bits per heavy atom. The number of imidazole rings is 1. The van der Waals surface area contributed by atoms with Crippen LogP contribution < -0.4 is 5.32 Å². The fourth-order valence-electron chi connectivity index (χ4n) is 2.98. The minimum atomic E-state index is 0.138. The number of nitrogens with zero attached hydrogens (tertiary/aromatic N) is 5. The number of nitriles is 1. The third-order valence-electron chi connectivity index (χ3n) is 4.31.